The van der Waals surface area contributed by atoms with Crippen molar-refractivity contribution in [3.05, 3.63) is 58.4 Å². The van der Waals surface area contributed by atoms with Gasteiger partial charge in [-0.2, -0.15) is 0 Å². The van der Waals surface area contributed by atoms with Crippen LogP contribution in [0.4, 0.5) is 4.39 Å². The second-order valence-electron chi connectivity index (χ2n) is 7.51. The number of nitrogens with zero attached hydrogens (tertiary/aromatic N) is 1. The molecule has 0 bridgehead atoms. The van der Waals surface area contributed by atoms with Crippen molar-refractivity contribution in [2.75, 3.05) is 20.3 Å². The summed E-state index contributed by atoms with van der Waals surface area (Å²) in [4.78, 5) is 15.1. The maximum Gasteiger partial charge on any atom is 0.233 e. The fourth-order valence-electron chi connectivity index (χ4n) is 4.30. The number of carbonyl (C=O) groups is 1. The van der Waals surface area contributed by atoms with E-state index in [4.69, 9.17) is 21.1 Å². The van der Waals surface area contributed by atoms with E-state index in [-0.39, 0.29) is 12.5 Å². The second-order valence-corrected chi connectivity index (χ2v) is 7.92. The molecule has 4 nitrogen and oxygen atoms in total. The number of ether oxygens (including phenoxy) is 2. The molecule has 2 aromatic carbocycles. The van der Waals surface area contributed by atoms with E-state index < -0.39 is 11.2 Å². The van der Waals surface area contributed by atoms with Crippen molar-refractivity contribution in [2.45, 2.75) is 37.6 Å². The van der Waals surface area contributed by atoms with Crippen LogP contribution in [0.5, 0.6) is 11.5 Å². The van der Waals surface area contributed by atoms with Gasteiger partial charge in [-0.25, -0.2) is 4.39 Å². The molecule has 1 fully saturated rings. The summed E-state index contributed by atoms with van der Waals surface area (Å²) in [5, 5.41) is 0.333. The van der Waals surface area contributed by atoms with Gasteiger partial charge < -0.3 is 14.4 Å². The molecular formula is C22H23ClFNO3. The molecule has 4 rings (SSSR count). The lowest BCUT2D eigenvalue weighted by atomic mass is 9.77. The van der Waals surface area contributed by atoms with Crippen LogP contribution in [0.2, 0.25) is 5.02 Å². The first-order valence-electron chi connectivity index (χ1n) is 9.60. The molecule has 0 unspecified atom stereocenters. The van der Waals surface area contributed by atoms with Crippen molar-refractivity contribution in [3.63, 3.8) is 0 Å². The molecule has 0 saturated heterocycles. The first-order valence-corrected chi connectivity index (χ1v) is 9.98. The molecule has 1 amide bonds. The molecule has 148 valence electrons. The zero-order chi connectivity index (χ0) is 19.7. The smallest absolute Gasteiger partial charge is 0.233 e. The maximum absolute atomic E-state index is 14.2. The third-order valence-corrected chi connectivity index (χ3v) is 6.12. The van der Waals surface area contributed by atoms with Gasteiger partial charge in [-0.15, -0.1) is 0 Å². The van der Waals surface area contributed by atoms with E-state index >= 15 is 0 Å². The normalized spacial score (nSPS) is 17.4. The van der Waals surface area contributed by atoms with Crippen molar-refractivity contribution < 1.29 is 18.7 Å². The molecule has 1 saturated carbocycles. The Morgan fingerprint density at radius 3 is 2.57 bits per heavy atom. The summed E-state index contributed by atoms with van der Waals surface area (Å²) in [6.45, 7) is 1.17. The van der Waals surface area contributed by atoms with Crippen LogP contribution < -0.4 is 9.47 Å². The monoisotopic (exact) mass is 403 g/mol. The number of hydrogen-bond donors (Lipinski definition) is 0. The number of carbonyl (C=O) groups excluding carboxylic acids is 1. The molecule has 1 heterocycles. The molecule has 0 radical (unpaired) electrons. The minimum Gasteiger partial charge on any atom is -0.486 e. The van der Waals surface area contributed by atoms with Gasteiger partial charge in [0.25, 0.3) is 0 Å². The number of hydrogen-bond acceptors (Lipinski definition) is 3. The third kappa shape index (κ3) is 3.32. The Labute approximate surface area is 169 Å². The third-order valence-electron chi connectivity index (χ3n) is 5.76. The zero-order valence-corrected chi connectivity index (χ0v) is 16.6. The maximum atomic E-state index is 14.2. The van der Waals surface area contributed by atoms with E-state index in [0.29, 0.717) is 35.3 Å². The van der Waals surface area contributed by atoms with E-state index in [1.165, 1.54) is 6.07 Å². The van der Waals surface area contributed by atoms with Gasteiger partial charge >= 0.3 is 0 Å². The van der Waals surface area contributed by atoms with Crippen molar-refractivity contribution >= 4 is 17.5 Å². The number of benzene rings is 2. The Morgan fingerprint density at radius 1 is 1.14 bits per heavy atom. The molecule has 0 atom stereocenters. The van der Waals surface area contributed by atoms with Gasteiger partial charge in [0.15, 0.2) is 11.5 Å². The minimum absolute atomic E-state index is 0.0130. The van der Waals surface area contributed by atoms with Gasteiger partial charge in [-0.3, -0.25) is 4.79 Å². The predicted octanol–water partition coefficient (Wildman–Crippen LogP) is 4.72. The van der Waals surface area contributed by atoms with Crippen LogP contribution in [0.3, 0.4) is 0 Å². The molecule has 1 aliphatic carbocycles. The van der Waals surface area contributed by atoms with Crippen LogP contribution in [0, 0.1) is 5.82 Å². The SMILES string of the molecule is CN(Cc1c(F)cccc1Cl)C(=O)C1(c2ccc3c(c2)OCCO3)CCCC1. The van der Waals surface area contributed by atoms with Gasteiger partial charge in [0.1, 0.15) is 19.0 Å². The Morgan fingerprint density at radius 2 is 1.86 bits per heavy atom. The lowest BCUT2D eigenvalue weighted by molar-refractivity contribution is -0.136. The van der Waals surface area contributed by atoms with Gasteiger partial charge in [0, 0.05) is 24.2 Å². The lowest BCUT2D eigenvalue weighted by Gasteiger charge is -2.34. The highest BCUT2D eigenvalue weighted by atomic mass is 35.5. The highest BCUT2D eigenvalue weighted by Crippen LogP contribution is 2.45. The van der Waals surface area contributed by atoms with Crippen LogP contribution in [-0.4, -0.2) is 31.1 Å². The molecule has 0 aromatic heterocycles. The number of halogens is 2. The summed E-state index contributed by atoms with van der Waals surface area (Å²) in [7, 11) is 1.71. The van der Waals surface area contributed by atoms with Gasteiger partial charge in [-0.1, -0.05) is 36.6 Å². The molecule has 2 aliphatic rings. The van der Waals surface area contributed by atoms with Crippen LogP contribution in [0.15, 0.2) is 36.4 Å². The summed E-state index contributed by atoms with van der Waals surface area (Å²) >= 11 is 6.16. The minimum atomic E-state index is -0.623. The number of rotatable bonds is 4. The molecule has 2 aromatic rings. The Hall–Kier alpha value is -2.27. The number of amides is 1. The summed E-state index contributed by atoms with van der Waals surface area (Å²) in [6, 6.07) is 10.3. The summed E-state index contributed by atoms with van der Waals surface area (Å²) in [5.41, 5.74) is 0.656. The van der Waals surface area contributed by atoms with Crippen LogP contribution in [0.1, 0.15) is 36.8 Å². The zero-order valence-electron chi connectivity index (χ0n) is 15.8. The van der Waals surface area contributed by atoms with E-state index in [1.54, 1.807) is 24.1 Å². The molecule has 0 N–H and O–H groups in total. The van der Waals surface area contributed by atoms with Crippen molar-refractivity contribution in [1.29, 1.82) is 0 Å². The van der Waals surface area contributed by atoms with Crippen molar-refractivity contribution in [2.24, 2.45) is 0 Å². The fourth-order valence-corrected chi connectivity index (χ4v) is 4.53. The Balaban J connectivity index is 1.64. The number of fused-ring (bicyclic) bond motifs is 1. The largest absolute Gasteiger partial charge is 0.486 e. The fraction of sp³-hybridized carbons (Fsp3) is 0.409. The van der Waals surface area contributed by atoms with E-state index in [0.717, 1.165) is 31.2 Å². The van der Waals surface area contributed by atoms with E-state index in [2.05, 4.69) is 0 Å². The average molecular weight is 404 g/mol. The van der Waals surface area contributed by atoms with Crippen LogP contribution in [-0.2, 0) is 16.8 Å². The molecule has 1 aliphatic heterocycles. The van der Waals surface area contributed by atoms with Crippen LogP contribution in [0.25, 0.3) is 0 Å². The average Bonchev–Trinajstić information content (AvgIpc) is 3.21. The summed E-state index contributed by atoms with van der Waals surface area (Å²) in [5.74, 6) is 0.984. The van der Waals surface area contributed by atoms with Gasteiger partial charge in [-0.05, 0) is 42.7 Å². The Kier molecular flexibility index (Phi) is 5.19. The standard InChI is InChI=1S/C22H23ClFNO3/c1-25(14-16-17(23)5-4-6-18(16)24)21(26)22(9-2-3-10-22)15-7-8-19-20(13-15)28-12-11-27-19/h4-8,13H,2-3,9-12,14H2,1H3. The van der Waals surface area contributed by atoms with Crippen LogP contribution >= 0.6 is 11.6 Å². The lowest BCUT2D eigenvalue weighted by Crippen LogP contribution is -2.43. The topological polar surface area (TPSA) is 38.8 Å². The van der Waals surface area contributed by atoms with Crippen molar-refractivity contribution in [3.8, 4) is 11.5 Å². The molecule has 0 spiro atoms. The highest BCUT2D eigenvalue weighted by molar-refractivity contribution is 6.31. The predicted molar refractivity (Wildman–Crippen MR) is 105 cm³/mol. The number of likely N-dealkylation sites (N-methyl/N-ethyl adjacent to an activating group) is 1. The highest BCUT2D eigenvalue weighted by Gasteiger charge is 2.44. The summed E-state index contributed by atoms with van der Waals surface area (Å²) < 4.78 is 25.5. The molecule has 6 heteroatoms. The van der Waals surface area contributed by atoms with E-state index in [9.17, 15) is 9.18 Å². The summed E-state index contributed by atoms with van der Waals surface area (Å²) in [6.07, 6.45) is 3.49. The van der Waals surface area contributed by atoms with E-state index in [1.807, 2.05) is 18.2 Å². The second kappa shape index (κ2) is 7.63. The molecule has 28 heavy (non-hydrogen) atoms. The quantitative estimate of drug-likeness (QED) is 0.741. The van der Waals surface area contributed by atoms with Gasteiger partial charge in [0.2, 0.25) is 5.91 Å². The Bertz CT molecular complexity index is 875. The molecular weight excluding hydrogens is 381 g/mol. The first kappa shape index (κ1) is 19.1. The van der Waals surface area contributed by atoms with Gasteiger partial charge in [0.05, 0.1) is 5.41 Å². The first-order chi connectivity index (χ1) is 13.5. The van der Waals surface area contributed by atoms with Crippen molar-refractivity contribution in [1.82, 2.24) is 4.90 Å².